The van der Waals surface area contributed by atoms with Crippen LogP contribution < -0.4 is 10.6 Å². The summed E-state index contributed by atoms with van der Waals surface area (Å²) in [5.74, 6) is -1.02. The molecule has 1 saturated heterocycles. The van der Waals surface area contributed by atoms with Crippen molar-refractivity contribution >= 4 is 11.8 Å². The van der Waals surface area contributed by atoms with Crippen LogP contribution in [0.5, 0.6) is 0 Å². The van der Waals surface area contributed by atoms with Crippen molar-refractivity contribution in [3.63, 3.8) is 0 Å². The molecule has 0 aromatic heterocycles. The molecule has 1 unspecified atom stereocenters. The molecular weight excluding hydrogens is 201 g/mol. The van der Waals surface area contributed by atoms with E-state index in [1.807, 2.05) is 5.32 Å². The fourth-order valence-electron chi connectivity index (χ4n) is 1.11. The standard InChI is InChI=1S/C7H9F3N2O2/c8-7(9,10)1-2-11-4-3-5(13)12-6(4)14/h4,11H,1-3H2,(H,12,13,14). The predicted molar refractivity (Wildman–Crippen MR) is 40.2 cm³/mol. The maximum atomic E-state index is 11.7. The highest BCUT2D eigenvalue weighted by Gasteiger charge is 2.32. The molecule has 7 heteroatoms. The molecule has 0 spiro atoms. The molecule has 80 valence electrons. The zero-order valence-corrected chi connectivity index (χ0v) is 7.15. The number of hydrogen-bond donors (Lipinski definition) is 2. The van der Waals surface area contributed by atoms with E-state index >= 15 is 0 Å². The molecule has 1 rings (SSSR count). The molecule has 2 N–H and O–H groups in total. The Bertz CT molecular complexity index is 252. The van der Waals surface area contributed by atoms with E-state index in [0.717, 1.165) is 0 Å². The smallest absolute Gasteiger partial charge is 0.305 e. The maximum Gasteiger partial charge on any atom is 0.390 e. The van der Waals surface area contributed by atoms with Crippen LogP contribution in [0.1, 0.15) is 12.8 Å². The lowest BCUT2D eigenvalue weighted by atomic mass is 10.2. The van der Waals surface area contributed by atoms with E-state index in [2.05, 4.69) is 5.32 Å². The summed E-state index contributed by atoms with van der Waals surface area (Å²) >= 11 is 0. The van der Waals surface area contributed by atoms with Crippen molar-refractivity contribution in [3.8, 4) is 0 Å². The first-order valence-electron chi connectivity index (χ1n) is 4.02. The summed E-state index contributed by atoms with van der Waals surface area (Å²) in [6.07, 6.45) is -5.34. The number of imide groups is 1. The molecule has 0 saturated carbocycles. The van der Waals surface area contributed by atoms with Gasteiger partial charge in [0.1, 0.15) is 0 Å². The maximum absolute atomic E-state index is 11.7. The number of amides is 2. The fourth-order valence-corrected chi connectivity index (χ4v) is 1.11. The lowest BCUT2D eigenvalue weighted by molar-refractivity contribution is -0.135. The van der Waals surface area contributed by atoms with E-state index in [1.54, 1.807) is 0 Å². The Hall–Kier alpha value is -1.11. The van der Waals surface area contributed by atoms with Crippen LogP contribution in [0, 0.1) is 0 Å². The first kappa shape index (κ1) is 11.0. The molecule has 0 radical (unpaired) electrons. The molecule has 4 nitrogen and oxygen atoms in total. The Balaban J connectivity index is 2.26. The van der Waals surface area contributed by atoms with E-state index < -0.39 is 30.5 Å². The van der Waals surface area contributed by atoms with E-state index in [1.165, 1.54) is 0 Å². The van der Waals surface area contributed by atoms with E-state index in [0.29, 0.717) is 0 Å². The van der Waals surface area contributed by atoms with Gasteiger partial charge >= 0.3 is 6.18 Å². The number of halogens is 3. The molecule has 1 atom stereocenters. The molecule has 0 bridgehead atoms. The third kappa shape index (κ3) is 3.33. The van der Waals surface area contributed by atoms with Crippen LogP contribution in [0.3, 0.4) is 0 Å². The van der Waals surface area contributed by atoms with Crippen molar-refractivity contribution in [1.82, 2.24) is 10.6 Å². The Morgan fingerprint density at radius 2 is 2.07 bits per heavy atom. The van der Waals surface area contributed by atoms with Gasteiger partial charge in [0.2, 0.25) is 11.8 Å². The summed E-state index contributed by atoms with van der Waals surface area (Å²) in [5.41, 5.74) is 0. The summed E-state index contributed by atoms with van der Waals surface area (Å²) in [6, 6.07) is -0.815. The number of alkyl halides is 3. The minimum atomic E-state index is -4.24. The van der Waals surface area contributed by atoms with Gasteiger partial charge < -0.3 is 5.32 Å². The highest BCUT2D eigenvalue weighted by Crippen LogP contribution is 2.18. The second-order valence-corrected chi connectivity index (χ2v) is 2.99. The topological polar surface area (TPSA) is 58.2 Å². The van der Waals surface area contributed by atoms with Gasteiger partial charge in [0.25, 0.3) is 0 Å². The van der Waals surface area contributed by atoms with Gasteiger partial charge in [-0.1, -0.05) is 0 Å². The molecule has 1 aliphatic rings. The number of hydrogen-bond acceptors (Lipinski definition) is 3. The van der Waals surface area contributed by atoms with E-state index in [4.69, 9.17) is 0 Å². The van der Waals surface area contributed by atoms with Crippen molar-refractivity contribution in [2.24, 2.45) is 0 Å². The highest BCUT2D eigenvalue weighted by molar-refractivity contribution is 6.05. The molecule has 0 aromatic carbocycles. The first-order chi connectivity index (χ1) is 6.38. The minimum absolute atomic E-state index is 0.0866. The van der Waals surface area contributed by atoms with Crippen LogP contribution in [0.4, 0.5) is 13.2 Å². The first-order valence-corrected chi connectivity index (χ1v) is 4.02. The molecule has 14 heavy (non-hydrogen) atoms. The monoisotopic (exact) mass is 210 g/mol. The minimum Gasteiger partial charge on any atom is -0.305 e. The lowest BCUT2D eigenvalue weighted by Crippen LogP contribution is -2.37. The van der Waals surface area contributed by atoms with Crippen molar-refractivity contribution in [2.75, 3.05) is 6.54 Å². The van der Waals surface area contributed by atoms with Crippen LogP contribution in [0.25, 0.3) is 0 Å². The Labute approximate surface area is 77.8 Å². The Kier molecular flexibility index (Phi) is 3.10. The largest absolute Gasteiger partial charge is 0.390 e. The number of rotatable bonds is 3. The van der Waals surface area contributed by atoms with E-state index in [9.17, 15) is 22.8 Å². The summed E-state index contributed by atoms with van der Waals surface area (Å²) in [7, 11) is 0. The predicted octanol–water partition coefficient (Wildman–Crippen LogP) is -0.0565. The molecule has 1 fully saturated rings. The fraction of sp³-hybridized carbons (Fsp3) is 0.714. The molecule has 2 amide bonds. The van der Waals surface area contributed by atoms with Gasteiger partial charge in [0, 0.05) is 6.54 Å². The van der Waals surface area contributed by atoms with Crippen molar-refractivity contribution in [1.29, 1.82) is 0 Å². The zero-order valence-electron chi connectivity index (χ0n) is 7.15. The van der Waals surface area contributed by atoms with E-state index in [-0.39, 0.29) is 13.0 Å². The van der Waals surface area contributed by atoms with Gasteiger partial charge in [-0.2, -0.15) is 13.2 Å². The van der Waals surface area contributed by atoms with Crippen LogP contribution in [0.2, 0.25) is 0 Å². The van der Waals surface area contributed by atoms with Crippen molar-refractivity contribution in [3.05, 3.63) is 0 Å². The molecule has 0 aromatic rings. The SMILES string of the molecule is O=C1CC(NCCC(F)(F)F)C(=O)N1. The summed E-state index contributed by atoms with van der Waals surface area (Å²) in [5, 5.41) is 4.36. The normalized spacial score (nSPS) is 22.6. The quantitative estimate of drug-likeness (QED) is 0.642. The van der Waals surface area contributed by atoms with Crippen LogP contribution >= 0.6 is 0 Å². The second-order valence-electron chi connectivity index (χ2n) is 2.99. The third-order valence-electron chi connectivity index (χ3n) is 1.77. The zero-order chi connectivity index (χ0) is 10.8. The second kappa shape index (κ2) is 3.95. The van der Waals surface area contributed by atoms with Crippen molar-refractivity contribution in [2.45, 2.75) is 25.1 Å². The van der Waals surface area contributed by atoms with Gasteiger partial charge in [0.05, 0.1) is 18.9 Å². The van der Waals surface area contributed by atoms with Gasteiger partial charge in [-0.05, 0) is 0 Å². The third-order valence-corrected chi connectivity index (χ3v) is 1.77. The van der Waals surface area contributed by atoms with Gasteiger partial charge in [0.15, 0.2) is 0 Å². The summed E-state index contributed by atoms with van der Waals surface area (Å²) in [6.45, 7) is -0.352. The number of carbonyl (C=O) groups is 2. The van der Waals surface area contributed by atoms with Crippen LogP contribution in [0.15, 0.2) is 0 Å². The summed E-state index contributed by atoms with van der Waals surface area (Å²) in [4.78, 5) is 21.5. The van der Waals surface area contributed by atoms with Gasteiger partial charge in [-0.15, -0.1) is 0 Å². The number of carbonyl (C=O) groups excluding carboxylic acids is 2. The highest BCUT2D eigenvalue weighted by atomic mass is 19.4. The van der Waals surface area contributed by atoms with Crippen LogP contribution in [-0.4, -0.2) is 30.6 Å². The lowest BCUT2D eigenvalue weighted by Gasteiger charge is -2.10. The molecule has 1 heterocycles. The van der Waals surface area contributed by atoms with Gasteiger partial charge in [-0.3, -0.25) is 14.9 Å². The molecule has 1 aliphatic heterocycles. The van der Waals surface area contributed by atoms with Crippen molar-refractivity contribution < 1.29 is 22.8 Å². The number of nitrogens with one attached hydrogen (secondary N) is 2. The Morgan fingerprint density at radius 1 is 1.43 bits per heavy atom. The Morgan fingerprint density at radius 3 is 2.50 bits per heavy atom. The van der Waals surface area contributed by atoms with Gasteiger partial charge in [-0.25, -0.2) is 0 Å². The summed E-state index contributed by atoms with van der Waals surface area (Å²) < 4.78 is 35.1. The molecule has 0 aliphatic carbocycles. The molecular formula is C7H9F3N2O2. The average molecular weight is 210 g/mol. The van der Waals surface area contributed by atoms with Crippen LogP contribution in [-0.2, 0) is 9.59 Å². The average Bonchev–Trinajstić information content (AvgIpc) is 2.27.